The average molecular weight is 466 g/mol. The van der Waals surface area contributed by atoms with Crippen molar-refractivity contribution in [2.75, 3.05) is 13.7 Å². The van der Waals surface area contributed by atoms with Crippen LogP contribution in [0, 0.1) is 13.8 Å². The first-order valence-electron chi connectivity index (χ1n) is 10.4. The number of imide groups is 1. The van der Waals surface area contributed by atoms with Gasteiger partial charge >= 0.3 is 6.03 Å². The molecule has 1 atom stereocenters. The van der Waals surface area contributed by atoms with Crippen molar-refractivity contribution in [2.24, 2.45) is 0 Å². The number of aromatic nitrogens is 1. The zero-order chi connectivity index (χ0) is 23.9. The first kappa shape index (κ1) is 22.6. The van der Waals surface area contributed by atoms with Crippen LogP contribution in [0.5, 0.6) is 5.75 Å². The Balaban J connectivity index is 1.59. The van der Waals surface area contributed by atoms with Crippen molar-refractivity contribution in [1.82, 2.24) is 14.8 Å². The molecule has 1 aliphatic rings. The molecule has 7 nitrogen and oxygen atoms in total. The van der Waals surface area contributed by atoms with E-state index in [1.54, 1.807) is 44.4 Å². The number of ketones is 1. The number of nitrogens with one attached hydrogen (secondary N) is 1. The number of hydrogen-bond donors (Lipinski definition) is 1. The number of aryl methyl sites for hydroxylation is 1. The van der Waals surface area contributed by atoms with Crippen molar-refractivity contribution in [3.63, 3.8) is 0 Å². The Hall–Kier alpha value is -3.58. The minimum Gasteiger partial charge on any atom is -0.497 e. The van der Waals surface area contributed by atoms with Crippen LogP contribution in [0.1, 0.15) is 34.2 Å². The van der Waals surface area contributed by atoms with Crippen molar-refractivity contribution in [2.45, 2.75) is 26.3 Å². The van der Waals surface area contributed by atoms with E-state index in [1.807, 2.05) is 42.7 Å². The van der Waals surface area contributed by atoms with Gasteiger partial charge in [-0.25, -0.2) is 4.79 Å². The number of ether oxygens (including phenoxy) is 1. The number of halogens is 1. The fourth-order valence-electron chi connectivity index (χ4n) is 4.22. The lowest BCUT2D eigenvalue weighted by molar-refractivity contribution is -0.130. The highest BCUT2D eigenvalue weighted by atomic mass is 35.5. The quantitative estimate of drug-likeness (QED) is 0.432. The third-order valence-corrected chi connectivity index (χ3v) is 6.31. The molecule has 2 heterocycles. The van der Waals surface area contributed by atoms with Gasteiger partial charge in [-0.2, -0.15) is 0 Å². The van der Waals surface area contributed by atoms with Crippen molar-refractivity contribution < 1.29 is 19.1 Å². The zero-order valence-corrected chi connectivity index (χ0v) is 19.6. The summed E-state index contributed by atoms with van der Waals surface area (Å²) >= 11 is 5.95. The van der Waals surface area contributed by atoms with Crippen LogP contribution in [0.2, 0.25) is 5.02 Å². The number of Topliss-reactive ketones (excluding diaryl/α,β-unsaturated/α-hetero) is 1. The van der Waals surface area contributed by atoms with E-state index in [0.717, 1.165) is 27.7 Å². The van der Waals surface area contributed by atoms with Gasteiger partial charge in [0.2, 0.25) is 0 Å². The summed E-state index contributed by atoms with van der Waals surface area (Å²) in [6.45, 7) is 5.02. The molecule has 170 valence electrons. The number of carbonyl (C=O) groups is 3. The van der Waals surface area contributed by atoms with Gasteiger partial charge in [-0.1, -0.05) is 23.7 Å². The summed E-state index contributed by atoms with van der Waals surface area (Å²) in [4.78, 5) is 40.0. The zero-order valence-electron chi connectivity index (χ0n) is 18.8. The highest BCUT2D eigenvalue weighted by molar-refractivity contribution is 6.30. The summed E-state index contributed by atoms with van der Waals surface area (Å²) < 4.78 is 7.17. The van der Waals surface area contributed by atoms with Crippen LogP contribution in [0.15, 0.2) is 54.6 Å². The topological polar surface area (TPSA) is 80.6 Å². The number of methoxy groups -OCH3 is 1. The molecule has 0 radical (unpaired) electrons. The highest BCUT2D eigenvalue weighted by Gasteiger charge is 2.49. The van der Waals surface area contributed by atoms with Crippen LogP contribution in [-0.2, 0) is 10.3 Å². The number of urea groups is 1. The second-order valence-electron chi connectivity index (χ2n) is 8.19. The maximum Gasteiger partial charge on any atom is 0.325 e. The number of amides is 3. The van der Waals surface area contributed by atoms with Gasteiger partial charge in [-0.05, 0) is 68.8 Å². The SMILES string of the molecule is COc1ccc(-n2c(C)cc(C(=O)CN3C(=O)N[C@@](C)(c4ccc(Cl)cc4)C3=O)c2C)cc1. The molecule has 1 N–H and O–H groups in total. The smallest absolute Gasteiger partial charge is 0.325 e. The Morgan fingerprint density at radius 1 is 1.06 bits per heavy atom. The monoisotopic (exact) mass is 465 g/mol. The molecule has 0 bridgehead atoms. The standard InChI is InChI=1S/C25H24ClN3O4/c1-15-13-21(16(2)29(15)19-9-11-20(33-4)12-10-19)22(30)14-28-23(31)25(3,27-24(28)32)17-5-7-18(26)8-6-17/h5-13H,14H2,1-4H3,(H,27,32)/t25-/m0/s1. The molecule has 0 unspecified atom stereocenters. The molecule has 3 aromatic rings. The summed E-state index contributed by atoms with van der Waals surface area (Å²) in [6.07, 6.45) is 0. The van der Waals surface area contributed by atoms with Gasteiger partial charge in [0.25, 0.3) is 5.91 Å². The van der Waals surface area contributed by atoms with Gasteiger partial charge in [0, 0.05) is 27.7 Å². The largest absolute Gasteiger partial charge is 0.497 e. The predicted molar refractivity (Wildman–Crippen MR) is 125 cm³/mol. The number of rotatable bonds is 6. The van der Waals surface area contributed by atoms with Crippen molar-refractivity contribution >= 4 is 29.3 Å². The van der Waals surface area contributed by atoms with Crippen LogP contribution in [-0.4, -0.2) is 40.8 Å². The summed E-state index contributed by atoms with van der Waals surface area (Å²) in [6, 6.07) is 15.4. The minimum absolute atomic E-state index is 0.313. The van der Waals surface area contributed by atoms with Gasteiger partial charge < -0.3 is 14.6 Å². The van der Waals surface area contributed by atoms with Crippen molar-refractivity contribution in [3.8, 4) is 11.4 Å². The number of nitrogens with zero attached hydrogens (tertiary/aromatic N) is 2. The molecule has 0 aliphatic carbocycles. The maximum atomic E-state index is 13.2. The average Bonchev–Trinajstić information content (AvgIpc) is 3.21. The van der Waals surface area contributed by atoms with Crippen LogP contribution in [0.25, 0.3) is 5.69 Å². The molecule has 1 fully saturated rings. The van der Waals surface area contributed by atoms with Gasteiger partial charge in [0.05, 0.1) is 13.7 Å². The molecule has 33 heavy (non-hydrogen) atoms. The Morgan fingerprint density at radius 3 is 2.30 bits per heavy atom. The van der Waals surface area contributed by atoms with Crippen molar-refractivity contribution in [3.05, 3.63) is 82.1 Å². The van der Waals surface area contributed by atoms with E-state index >= 15 is 0 Å². The number of hydrogen-bond acceptors (Lipinski definition) is 4. The third-order valence-electron chi connectivity index (χ3n) is 6.06. The molecule has 4 rings (SSSR count). The van der Waals surface area contributed by atoms with E-state index in [1.165, 1.54) is 0 Å². The summed E-state index contributed by atoms with van der Waals surface area (Å²) in [5.74, 6) is -0.0568. The molecule has 2 aromatic carbocycles. The van der Waals surface area contributed by atoms with E-state index < -0.39 is 17.5 Å². The molecule has 1 aliphatic heterocycles. The van der Waals surface area contributed by atoms with Crippen LogP contribution in [0.4, 0.5) is 4.79 Å². The van der Waals surface area contributed by atoms with Crippen LogP contribution >= 0.6 is 11.6 Å². The van der Waals surface area contributed by atoms with Gasteiger partial charge in [0.15, 0.2) is 5.78 Å². The van der Waals surface area contributed by atoms with E-state index in [9.17, 15) is 14.4 Å². The molecule has 8 heteroatoms. The lowest BCUT2D eigenvalue weighted by atomic mass is 9.92. The molecule has 0 saturated carbocycles. The molecular formula is C25H24ClN3O4. The fourth-order valence-corrected chi connectivity index (χ4v) is 4.35. The Kier molecular flexibility index (Phi) is 5.76. The molecule has 1 aromatic heterocycles. The second kappa shape index (κ2) is 8.41. The first-order valence-corrected chi connectivity index (χ1v) is 10.8. The molecule has 1 saturated heterocycles. The normalized spacial score (nSPS) is 17.9. The lowest BCUT2D eigenvalue weighted by Crippen LogP contribution is -2.41. The second-order valence-corrected chi connectivity index (χ2v) is 8.63. The third kappa shape index (κ3) is 3.89. The highest BCUT2D eigenvalue weighted by Crippen LogP contribution is 2.30. The number of carbonyl (C=O) groups excluding carboxylic acids is 3. The van der Waals surface area contributed by atoms with E-state index in [2.05, 4.69) is 5.32 Å². The summed E-state index contributed by atoms with van der Waals surface area (Å²) in [5, 5.41) is 3.24. The van der Waals surface area contributed by atoms with Gasteiger partial charge in [0.1, 0.15) is 11.3 Å². The van der Waals surface area contributed by atoms with E-state index in [0.29, 0.717) is 16.1 Å². The molecule has 0 spiro atoms. The lowest BCUT2D eigenvalue weighted by Gasteiger charge is -2.22. The van der Waals surface area contributed by atoms with E-state index in [4.69, 9.17) is 16.3 Å². The Bertz CT molecular complexity index is 1250. The number of benzene rings is 2. The minimum atomic E-state index is -1.26. The Labute approximate surface area is 196 Å². The Morgan fingerprint density at radius 2 is 1.70 bits per heavy atom. The van der Waals surface area contributed by atoms with Crippen LogP contribution in [0.3, 0.4) is 0 Å². The van der Waals surface area contributed by atoms with Gasteiger partial charge in [-0.15, -0.1) is 0 Å². The first-order chi connectivity index (χ1) is 15.7. The fraction of sp³-hybridized carbons (Fsp3) is 0.240. The maximum absolute atomic E-state index is 13.2. The molecular weight excluding hydrogens is 442 g/mol. The summed E-state index contributed by atoms with van der Waals surface area (Å²) in [5.41, 5.74) is 2.28. The van der Waals surface area contributed by atoms with E-state index in [-0.39, 0.29) is 12.3 Å². The molecule has 3 amide bonds. The summed E-state index contributed by atoms with van der Waals surface area (Å²) in [7, 11) is 1.60. The van der Waals surface area contributed by atoms with Crippen molar-refractivity contribution in [1.29, 1.82) is 0 Å². The van der Waals surface area contributed by atoms with Crippen LogP contribution < -0.4 is 10.1 Å². The van der Waals surface area contributed by atoms with Gasteiger partial charge in [-0.3, -0.25) is 14.5 Å². The predicted octanol–water partition coefficient (Wildman–Crippen LogP) is 4.41.